The number of nitrogens with one attached hydrogen (secondary N) is 1. The lowest BCUT2D eigenvalue weighted by molar-refractivity contribution is 0.354. The zero-order valence-electron chi connectivity index (χ0n) is 18.7. The number of aromatic nitrogens is 1. The van der Waals surface area contributed by atoms with Gasteiger partial charge in [0.2, 0.25) is 5.88 Å². The molecule has 0 saturated heterocycles. The van der Waals surface area contributed by atoms with Crippen LogP contribution in [-0.2, 0) is 13.1 Å². The molecule has 0 amide bonds. The lowest BCUT2D eigenvalue weighted by atomic mass is 10.1. The topological polar surface area (TPSA) is 91.0 Å². The predicted molar refractivity (Wildman–Crippen MR) is 137 cm³/mol. The molecule has 3 N–H and O–H groups in total. The minimum Gasteiger partial charge on any atom is -0.493 e. The molecule has 0 aliphatic rings. The summed E-state index contributed by atoms with van der Waals surface area (Å²) in [6.07, 6.45) is 1.71. The molecule has 0 radical (unpaired) electrons. The van der Waals surface area contributed by atoms with Crippen LogP contribution in [0.1, 0.15) is 22.3 Å². The summed E-state index contributed by atoms with van der Waals surface area (Å²) in [6, 6.07) is 15.4. The highest BCUT2D eigenvalue weighted by Crippen LogP contribution is 2.27. The Morgan fingerprint density at radius 3 is 2.44 bits per heavy atom. The molecule has 2 aromatic carbocycles. The Morgan fingerprint density at radius 2 is 1.72 bits per heavy atom. The third-order valence-electron chi connectivity index (χ3n) is 4.85. The first-order chi connectivity index (χ1) is 15.0. The Hall–Kier alpha value is -3.01. The Labute approximate surface area is 206 Å². The van der Waals surface area contributed by atoms with Crippen LogP contribution in [0.5, 0.6) is 23.1 Å². The molecular formula is C24H29IN4O3. The van der Waals surface area contributed by atoms with Gasteiger partial charge in [-0.15, -0.1) is 24.0 Å². The van der Waals surface area contributed by atoms with Crippen molar-refractivity contribution in [3.05, 3.63) is 77.0 Å². The minimum atomic E-state index is 0. The molecule has 0 atom stereocenters. The molecule has 0 aliphatic heterocycles. The minimum absolute atomic E-state index is 0. The number of benzene rings is 2. The molecule has 3 rings (SSSR count). The molecule has 0 bridgehead atoms. The van der Waals surface area contributed by atoms with E-state index in [1.54, 1.807) is 20.4 Å². The molecule has 0 fully saturated rings. The highest BCUT2D eigenvalue weighted by Gasteiger charge is 2.05. The highest BCUT2D eigenvalue weighted by molar-refractivity contribution is 14.0. The van der Waals surface area contributed by atoms with Gasteiger partial charge in [0.15, 0.2) is 17.5 Å². The van der Waals surface area contributed by atoms with Gasteiger partial charge >= 0.3 is 0 Å². The maximum Gasteiger partial charge on any atom is 0.219 e. The van der Waals surface area contributed by atoms with Crippen molar-refractivity contribution in [3.63, 3.8) is 0 Å². The molecule has 32 heavy (non-hydrogen) atoms. The summed E-state index contributed by atoms with van der Waals surface area (Å²) in [4.78, 5) is 8.68. The van der Waals surface area contributed by atoms with Gasteiger partial charge in [-0.2, -0.15) is 0 Å². The summed E-state index contributed by atoms with van der Waals surface area (Å²) in [5.41, 5.74) is 10.4. The number of aliphatic imine (C=N–C) groups is 1. The van der Waals surface area contributed by atoms with E-state index in [9.17, 15) is 0 Å². The normalized spacial score (nSPS) is 10.8. The van der Waals surface area contributed by atoms with E-state index in [4.69, 9.17) is 19.9 Å². The van der Waals surface area contributed by atoms with E-state index >= 15 is 0 Å². The van der Waals surface area contributed by atoms with Gasteiger partial charge < -0.3 is 25.3 Å². The number of nitrogens with zero attached hydrogens (tertiary/aromatic N) is 2. The number of halogens is 1. The van der Waals surface area contributed by atoms with Crippen molar-refractivity contribution >= 4 is 29.9 Å². The van der Waals surface area contributed by atoms with Crippen LogP contribution in [0.4, 0.5) is 0 Å². The second-order valence-electron chi connectivity index (χ2n) is 7.09. The fourth-order valence-corrected chi connectivity index (χ4v) is 2.92. The number of ether oxygens (including phenoxy) is 3. The van der Waals surface area contributed by atoms with Crippen LogP contribution in [0, 0.1) is 13.8 Å². The number of guanidine groups is 1. The van der Waals surface area contributed by atoms with Gasteiger partial charge in [0, 0.05) is 18.8 Å². The molecular weight excluding hydrogens is 519 g/mol. The van der Waals surface area contributed by atoms with Crippen LogP contribution < -0.4 is 25.3 Å². The quantitative estimate of drug-likeness (QED) is 0.240. The monoisotopic (exact) mass is 548 g/mol. The van der Waals surface area contributed by atoms with Gasteiger partial charge in [0.1, 0.15) is 5.75 Å². The first-order valence-electron chi connectivity index (χ1n) is 9.93. The Bertz CT molecular complexity index is 1070. The van der Waals surface area contributed by atoms with E-state index in [0.29, 0.717) is 36.4 Å². The summed E-state index contributed by atoms with van der Waals surface area (Å²) >= 11 is 0. The maximum absolute atomic E-state index is 6.02. The fourth-order valence-electron chi connectivity index (χ4n) is 2.92. The van der Waals surface area contributed by atoms with Gasteiger partial charge in [-0.3, -0.25) is 0 Å². The molecule has 1 aromatic heterocycles. The summed E-state index contributed by atoms with van der Waals surface area (Å²) in [5, 5.41) is 3.12. The van der Waals surface area contributed by atoms with Crippen LogP contribution in [-0.4, -0.2) is 25.2 Å². The molecule has 0 spiro atoms. The van der Waals surface area contributed by atoms with Gasteiger partial charge in [-0.05, 0) is 66.4 Å². The molecule has 0 saturated carbocycles. The smallest absolute Gasteiger partial charge is 0.219 e. The number of hydrogen-bond acceptors (Lipinski definition) is 5. The number of pyridine rings is 1. The largest absolute Gasteiger partial charge is 0.493 e. The van der Waals surface area contributed by atoms with Crippen molar-refractivity contribution in [1.29, 1.82) is 0 Å². The third-order valence-corrected chi connectivity index (χ3v) is 4.85. The zero-order chi connectivity index (χ0) is 22.2. The second kappa shape index (κ2) is 12.1. The van der Waals surface area contributed by atoms with Crippen LogP contribution in [0.2, 0.25) is 0 Å². The Kier molecular flexibility index (Phi) is 9.58. The molecule has 1 heterocycles. The third kappa shape index (κ3) is 7.01. The van der Waals surface area contributed by atoms with Crippen LogP contribution in [0.3, 0.4) is 0 Å². The van der Waals surface area contributed by atoms with Crippen LogP contribution in [0.25, 0.3) is 0 Å². The van der Waals surface area contributed by atoms with Crippen LogP contribution in [0.15, 0.2) is 59.7 Å². The van der Waals surface area contributed by atoms with Gasteiger partial charge in [-0.25, -0.2) is 9.98 Å². The van der Waals surface area contributed by atoms with E-state index in [-0.39, 0.29) is 24.0 Å². The number of methoxy groups -OCH3 is 2. The van der Waals surface area contributed by atoms with Crippen molar-refractivity contribution in [2.45, 2.75) is 26.9 Å². The summed E-state index contributed by atoms with van der Waals surface area (Å²) in [7, 11) is 3.21. The average Bonchev–Trinajstić information content (AvgIpc) is 2.78. The van der Waals surface area contributed by atoms with Gasteiger partial charge in [0.25, 0.3) is 0 Å². The standard InChI is InChI=1S/C24H28N4O3.HI/c1-16-5-7-20(11-17(16)2)31-23-13-19(9-10-26-23)15-28-24(25)27-14-18-6-8-21(29-3)22(12-18)30-4;/h5-13H,14-15H2,1-4H3,(H3,25,27,28);1H. The number of aryl methyl sites for hydroxylation is 2. The molecule has 3 aromatic rings. The Balaban J connectivity index is 0.00000363. The maximum atomic E-state index is 6.02. The Morgan fingerprint density at radius 1 is 0.938 bits per heavy atom. The number of rotatable bonds is 8. The lowest BCUT2D eigenvalue weighted by Crippen LogP contribution is -2.31. The molecule has 170 valence electrons. The van der Waals surface area contributed by atoms with Gasteiger partial charge in [0.05, 0.1) is 20.8 Å². The summed E-state index contributed by atoms with van der Waals surface area (Å²) in [5.74, 6) is 2.98. The van der Waals surface area contributed by atoms with E-state index in [2.05, 4.69) is 29.1 Å². The van der Waals surface area contributed by atoms with Crippen molar-refractivity contribution in [2.24, 2.45) is 10.7 Å². The summed E-state index contributed by atoms with van der Waals surface area (Å²) in [6.45, 7) is 5.06. The van der Waals surface area contributed by atoms with Gasteiger partial charge in [-0.1, -0.05) is 12.1 Å². The van der Waals surface area contributed by atoms with Crippen molar-refractivity contribution in [2.75, 3.05) is 14.2 Å². The SMILES string of the molecule is COc1ccc(CN=C(N)NCc2ccnc(Oc3ccc(C)c(C)c3)c2)cc1OC.I. The molecule has 8 heteroatoms. The summed E-state index contributed by atoms with van der Waals surface area (Å²) < 4.78 is 16.5. The lowest BCUT2D eigenvalue weighted by Gasteiger charge is -2.10. The molecule has 7 nitrogen and oxygen atoms in total. The number of hydrogen-bond donors (Lipinski definition) is 2. The van der Waals surface area contributed by atoms with Crippen molar-refractivity contribution in [1.82, 2.24) is 10.3 Å². The van der Waals surface area contributed by atoms with Crippen molar-refractivity contribution < 1.29 is 14.2 Å². The first-order valence-corrected chi connectivity index (χ1v) is 9.93. The number of nitrogens with two attached hydrogens (primary N) is 1. The van der Waals surface area contributed by atoms with E-state index < -0.39 is 0 Å². The second-order valence-corrected chi connectivity index (χ2v) is 7.09. The van der Waals surface area contributed by atoms with Crippen LogP contribution >= 0.6 is 24.0 Å². The predicted octanol–water partition coefficient (Wildman–Crippen LogP) is 4.73. The van der Waals surface area contributed by atoms with E-state index in [1.807, 2.05) is 48.5 Å². The fraction of sp³-hybridized carbons (Fsp3) is 0.250. The average molecular weight is 548 g/mol. The highest BCUT2D eigenvalue weighted by atomic mass is 127. The van der Waals surface area contributed by atoms with Crippen molar-refractivity contribution in [3.8, 4) is 23.1 Å². The van der Waals surface area contributed by atoms with E-state index in [0.717, 1.165) is 16.9 Å². The molecule has 0 unspecified atom stereocenters. The molecule has 0 aliphatic carbocycles. The first kappa shape index (κ1) is 25.3. The van der Waals surface area contributed by atoms with E-state index in [1.165, 1.54) is 11.1 Å². The zero-order valence-corrected chi connectivity index (χ0v) is 21.0.